The first-order valence-electron chi connectivity index (χ1n) is 6.06. The third-order valence-corrected chi connectivity index (χ3v) is 2.74. The molecule has 2 aromatic rings. The van der Waals surface area contributed by atoms with Crippen LogP contribution >= 0.6 is 0 Å². The van der Waals surface area contributed by atoms with Gasteiger partial charge >= 0.3 is 0 Å². The number of methoxy groups -OCH3 is 1. The second-order valence-corrected chi connectivity index (χ2v) is 4.14. The molecule has 0 atom stereocenters. The van der Waals surface area contributed by atoms with Crippen LogP contribution in [-0.2, 0) is 11.4 Å². The molecule has 0 fully saturated rings. The molecule has 3 nitrogen and oxygen atoms in total. The van der Waals surface area contributed by atoms with Gasteiger partial charge in [0.25, 0.3) is 0 Å². The minimum absolute atomic E-state index is 0.399. The molecule has 0 saturated heterocycles. The summed E-state index contributed by atoms with van der Waals surface area (Å²) in [5, 5.41) is 3.86. The topological polar surface area (TPSA) is 30.8 Å². The van der Waals surface area contributed by atoms with E-state index in [1.54, 1.807) is 7.11 Å². The Kier molecular flexibility index (Phi) is 4.56. The summed E-state index contributed by atoms with van der Waals surface area (Å²) in [5.74, 6) is 0.813. The van der Waals surface area contributed by atoms with E-state index in [1.165, 1.54) is 0 Å². The van der Waals surface area contributed by atoms with Gasteiger partial charge in [-0.15, -0.1) is 0 Å². The Labute approximate surface area is 113 Å². The molecule has 0 amide bonds. The summed E-state index contributed by atoms with van der Waals surface area (Å²) in [6, 6.07) is 15.6. The van der Waals surface area contributed by atoms with Crippen molar-refractivity contribution >= 4 is 6.21 Å². The average Bonchev–Trinajstić information content (AvgIpc) is 2.45. The predicted octanol–water partition coefficient (Wildman–Crippen LogP) is 3.43. The first-order valence-corrected chi connectivity index (χ1v) is 6.06. The van der Waals surface area contributed by atoms with Gasteiger partial charge in [-0.25, -0.2) is 0 Å². The van der Waals surface area contributed by atoms with E-state index >= 15 is 0 Å². The molecule has 19 heavy (non-hydrogen) atoms. The Morgan fingerprint density at radius 3 is 2.74 bits per heavy atom. The van der Waals surface area contributed by atoms with Crippen LogP contribution < -0.4 is 4.74 Å². The van der Waals surface area contributed by atoms with Crippen molar-refractivity contribution in [3.05, 3.63) is 65.2 Å². The fourth-order valence-corrected chi connectivity index (χ4v) is 1.65. The fraction of sp³-hybridized carbons (Fsp3) is 0.188. The molecule has 0 saturated carbocycles. The molecule has 97 valence electrons. The van der Waals surface area contributed by atoms with Gasteiger partial charge in [-0.2, -0.15) is 0 Å². The van der Waals surface area contributed by atoms with Gasteiger partial charge in [-0.3, -0.25) is 0 Å². The van der Waals surface area contributed by atoms with Crippen LogP contribution in [0, 0.1) is 6.92 Å². The lowest BCUT2D eigenvalue weighted by atomic mass is 10.1. The zero-order chi connectivity index (χ0) is 13.5. The van der Waals surface area contributed by atoms with E-state index in [-0.39, 0.29) is 0 Å². The lowest BCUT2D eigenvalue weighted by Crippen LogP contribution is -1.91. The van der Waals surface area contributed by atoms with Gasteiger partial charge in [-0.05, 0) is 30.2 Å². The molecule has 3 heteroatoms. The zero-order valence-electron chi connectivity index (χ0n) is 11.1. The number of nitrogens with zero attached hydrogens (tertiary/aromatic N) is 1. The van der Waals surface area contributed by atoms with Gasteiger partial charge in [0.05, 0.1) is 7.11 Å². The molecule has 0 aromatic heterocycles. The minimum atomic E-state index is 0.399. The van der Waals surface area contributed by atoms with Gasteiger partial charge in [0.2, 0.25) is 0 Å². The highest BCUT2D eigenvalue weighted by Gasteiger charge is 1.96. The smallest absolute Gasteiger partial charge is 0.142 e. The molecule has 0 N–H and O–H groups in total. The Balaban J connectivity index is 1.91. The molecule has 2 rings (SSSR count). The molecule has 0 aliphatic rings. The SMILES string of the molecule is COc1cccc(CO/N=[C]\c2ccccc2C)c1. The normalized spacial score (nSPS) is 10.6. The van der Waals surface area contributed by atoms with Crippen molar-refractivity contribution in [1.82, 2.24) is 0 Å². The molecule has 0 spiro atoms. The van der Waals surface area contributed by atoms with Crippen molar-refractivity contribution in [2.75, 3.05) is 7.11 Å². The van der Waals surface area contributed by atoms with Gasteiger partial charge in [0.15, 0.2) is 0 Å². The summed E-state index contributed by atoms with van der Waals surface area (Å²) in [6.07, 6.45) is 2.88. The zero-order valence-corrected chi connectivity index (χ0v) is 11.1. The highest BCUT2D eigenvalue weighted by molar-refractivity contribution is 5.81. The summed E-state index contributed by atoms with van der Waals surface area (Å²) >= 11 is 0. The van der Waals surface area contributed by atoms with Crippen LogP contribution in [0.25, 0.3) is 0 Å². The van der Waals surface area contributed by atoms with Crippen LogP contribution in [0.5, 0.6) is 5.75 Å². The summed E-state index contributed by atoms with van der Waals surface area (Å²) in [4.78, 5) is 5.24. The van der Waals surface area contributed by atoms with E-state index in [0.717, 1.165) is 22.4 Å². The van der Waals surface area contributed by atoms with Crippen molar-refractivity contribution in [1.29, 1.82) is 0 Å². The van der Waals surface area contributed by atoms with Crippen molar-refractivity contribution in [3.8, 4) is 5.75 Å². The quantitative estimate of drug-likeness (QED) is 0.604. The summed E-state index contributed by atoms with van der Waals surface area (Å²) < 4.78 is 5.14. The summed E-state index contributed by atoms with van der Waals surface area (Å²) in [5.41, 5.74) is 3.07. The van der Waals surface area contributed by atoms with Gasteiger partial charge in [0, 0.05) is 5.56 Å². The lowest BCUT2D eigenvalue weighted by Gasteiger charge is -2.03. The standard InChI is InChI=1S/C16H16NO2/c1-13-6-3-4-8-15(13)11-17-19-12-14-7-5-9-16(10-14)18-2/h3-10H,12H2,1-2H3. The molecule has 0 bridgehead atoms. The highest BCUT2D eigenvalue weighted by atomic mass is 16.6. The molecular weight excluding hydrogens is 238 g/mol. The summed E-state index contributed by atoms with van der Waals surface area (Å²) in [6.45, 7) is 2.41. The van der Waals surface area contributed by atoms with Gasteiger partial charge in [0.1, 0.15) is 18.6 Å². The molecule has 0 aliphatic carbocycles. The monoisotopic (exact) mass is 254 g/mol. The van der Waals surface area contributed by atoms with Crippen LogP contribution in [0.1, 0.15) is 16.7 Å². The van der Waals surface area contributed by atoms with Crippen molar-refractivity contribution < 1.29 is 9.57 Å². The molecule has 2 aromatic carbocycles. The van der Waals surface area contributed by atoms with Crippen molar-refractivity contribution in [2.45, 2.75) is 13.5 Å². The van der Waals surface area contributed by atoms with Crippen molar-refractivity contribution in [2.24, 2.45) is 5.16 Å². The second kappa shape index (κ2) is 6.59. The van der Waals surface area contributed by atoms with Crippen LogP contribution in [0.2, 0.25) is 0 Å². The number of hydrogen-bond donors (Lipinski definition) is 0. The summed E-state index contributed by atoms with van der Waals surface area (Å²) in [7, 11) is 1.64. The number of hydrogen-bond acceptors (Lipinski definition) is 3. The maximum absolute atomic E-state index is 5.24. The maximum Gasteiger partial charge on any atom is 0.142 e. The van der Waals surface area contributed by atoms with Crippen LogP contribution in [-0.4, -0.2) is 13.3 Å². The van der Waals surface area contributed by atoms with E-state index in [9.17, 15) is 0 Å². The van der Waals surface area contributed by atoms with E-state index in [2.05, 4.69) is 11.4 Å². The van der Waals surface area contributed by atoms with E-state index in [1.807, 2.05) is 55.5 Å². The van der Waals surface area contributed by atoms with E-state index < -0.39 is 0 Å². The highest BCUT2D eigenvalue weighted by Crippen LogP contribution is 2.13. The third kappa shape index (κ3) is 3.85. The Morgan fingerprint density at radius 1 is 1.11 bits per heavy atom. The number of ether oxygens (including phenoxy) is 1. The number of benzene rings is 2. The van der Waals surface area contributed by atoms with Gasteiger partial charge < -0.3 is 9.57 Å². The Hall–Kier alpha value is -2.29. The first-order chi connectivity index (χ1) is 9.29. The molecule has 0 heterocycles. The predicted molar refractivity (Wildman–Crippen MR) is 75.5 cm³/mol. The van der Waals surface area contributed by atoms with Gasteiger partial charge in [-0.1, -0.05) is 41.6 Å². The first kappa shape index (κ1) is 13.1. The largest absolute Gasteiger partial charge is 0.497 e. The van der Waals surface area contributed by atoms with Crippen molar-refractivity contribution in [3.63, 3.8) is 0 Å². The van der Waals surface area contributed by atoms with Crippen LogP contribution in [0.15, 0.2) is 53.7 Å². The van der Waals surface area contributed by atoms with E-state index in [4.69, 9.17) is 9.57 Å². The van der Waals surface area contributed by atoms with Crippen LogP contribution in [0.4, 0.5) is 0 Å². The maximum atomic E-state index is 5.24. The minimum Gasteiger partial charge on any atom is -0.497 e. The molecule has 1 radical (unpaired) electrons. The van der Waals surface area contributed by atoms with E-state index in [0.29, 0.717) is 6.61 Å². The van der Waals surface area contributed by atoms with Crippen LogP contribution in [0.3, 0.4) is 0 Å². The number of rotatable bonds is 5. The number of aryl methyl sites for hydroxylation is 1. The fourth-order valence-electron chi connectivity index (χ4n) is 1.65. The molecule has 0 aliphatic heterocycles. The third-order valence-electron chi connectivity index (χ3n) is 2.74. The average molecular weight is 254 g/mol. The molecular formula is C16H16NO2. The molecule has 0 unspecified atom stereocenters. The Morgan fingerprint density at radius 2 is 1.95 bits per heavy atom. The lowest BCUT2D eigenvalue weighted by molar-refractivity contribution is 0.132. The second-order valence-electron chi connectivity index (χ2n) is 4.14. The Bertz CT molecular complexity index is 564.